The second kappa shape index (κ2) is 5.29. The molecule has 20 heavy (non-hydrogen) atoms. The Labute approximate surface area is 126 Å². The minimum atomic E-state index is -0.0174. The van der Waals surface area contributed by atoms with E-state index in [0.29, 0.717) is 6.54 Å². The number of ether oxygens (including phenoxy) is 1. The van der Waals surface area contributed by atoms with Crippen molar-refractivity contribution in [3.8, 4) is 5.75 Å². The average molecular weight is 332 g/mol. The van der Waals surface area contributed by atoms with Gasteiger partial charge in [-0.15, -0.1) is 0 Å². The van der Waals surface area contributed by atoms with Crippen LogP contribution in [0.25, 0.3) is 0 Å². The summed E-state index contributed by atoms with van der Waals surface area (Å²) in [6.45, 7) is 2.71. The van der Waals surface area contributed by atoms with Crippen LogP contribution in [0.3, 0.4) is 0 Å². The second-order valence-electron chi connectivity index (χ2n) is 4.87. The molecule has 0 unspecified atom stereocenters. The highest BCUT2D eigenvalue weighted by molar-refractivity contribution is 9.10. The molecule has 0 saturated heterocycles. The van der Waals surface area contributed by atoms with E-state index < -0.39 is 0 Å². The first kappa shape index (κ1) is 13.2. The highest BCUT2D eigenvalue weighted by Crippen LogP contribution is 2.35. The van der Waals surface area contributed by atoms with Crippen molar-refractivity contribution < 1.29 is 9.53 Å². The van der Waals surface area contributed by atoms with Crippen molar-refractivity contribution in [2.75, 3.05) is 11.5 Å². The molecule has 1 amide bonds. The third-order valence-corrected chi connectivity index (χ3v) is 3.82. The second-order valence-corrected chi connectivity index (χ2v) is 5.78. The van der Waals surface area contributed by atoms with E-state index in [0.717, 1.165) is 21.5 Å². The van der Waals surface area contributed by atoms with Crippen LogP contribution < -0.4 is 9.64 Å². The molecule has 0 N–H and O–H groups in total. The van der Waals surface area contributed by atoms with E-state index in [9.17, 15) is 4.79 Å². The lowest BCUT2D eigenvalue weighted by Gasteiger charge is -2.29. The summed E-state index contributed by atoms with van der Waals surface area (Å²) in [6, 6.07) is 13.9. The Bertz CT molecular complexity index is 652. The Morgan fingerprint density at radius 2 is 1.95 bits per heavy atom. The van der Waals surface area contributed by atoms with Gasteiger partial charge in [0, 0.05) is 4.47 Å². The van der Waals surface area contributed by atoms with Crippen LogP contribution in [0.4, 0.5) is 5.69 Å². The highest BCUT2D eigenvalue weighted by Gasteiger charge is 2.25. The molecule has 0 atom stereocenters. The fraction of sp³-hybridized carbons (Fsp3) is 0.188. The van der Waals surface area contributed by atoms with Crippen LogP contribution in [0, 0.1) is 6.92 Å². The van der Waals surface area contributed by atoms with Gasteiger partial charge in [-0.2, -0.15) is 0 Å². The van der Waals surface area contributed by atoms with E-state index in [4.69, 9.17) is 4.74 Å². The van der Waals surface area contributed by atoms with Crippen molar-refractivity contribution in [2.24, 2.45) is 0 Å². The fourth-order valence-corrected chi connectivity index (χ4v) is 2.57. The molecule has 2 aromatic rings. The standard InChI is InChI=1S/C16H14BrNO2/c1-11-2-4-12(5-3-11)9-18-14-8-13(17)6-7-15(14)20-10-16(18)19/h2-8H,9-10H2,1H3. The van der Waals surface area contributed by atoms with Gasteiger partial charge in [-0.3, -0.25) is 4.79 Å². The van der Waals surface area contributed by atoms with Crippen LogP contribution in [0.2, 0.25) is 0 Å². The summed E-state index contributed by atoms with van der Waals surface area (Å²) in [6.07, 6.45) is 0. The first-order chi connectivity index (χ1) is 9.63. The number of carbonyl (C=O) groups is 1. The number of anilines is 1. The van der Waals surface area contributed by atoms with Crippen molar-refractivity contribution in [3.63, 3.8) is 0 Å². The van der Waals surface area contributed by atoms with Crippen LogP contribution in [0.5, 0.6) is 5.75 Å². The normalized spacial score (nSPS) is 13.9. The molecule has 3 nitrogen and oxygen atoms in total. The molecule has 3 rings (SSSR count). The Morgan fingerprint density at radius 3 is 2.70 bits per heavy atom. The van der Waals surface area contributed by atoms with Gasteiger partial charge >= 0.3 is 0 Å². The Morgan fingerprint density at radius 1 is 1.20 bits per heavy atom. The molecular weight excluding hydrogens is 318 g/mol. The Balaban J connectivity index is 1.94. The lowest BCUT2D eigenvalue weighted by Crippen LogP contribution is -2.38. The highest BCUT2D eigenvalue weighted by atomic mass is 79.9. The number of hydrogen-bond donors (Lipinski definition) is 0. The van der Waals surface area contributed by atoms with E-state index in [1.165, 1.54) is 5.56 Å². The van der Waals surface area contributed by atoms with Crippen molar-refractivity contribution in [2.45, 2.75) is 13.5 Å². The van der Waals surface area contributed by atoms with E-state index in [1.807, 2.05) is 18.2 Å². The van der Waals surface area contributed by atoms with E-state index in [-0.39, 0.29) is 12.5 Å². The first-order valence-corrected chi connectivity index (χ1v) is 7.21. The summed E-state index contributed by atoms with van der Waals surface area (Å²) in [7, 11) is 0. The Kier molecular flexibility index (Phi) is 3.49. The number of halogens is 1. The average Bonchev–Trinajstić information content (AvgIpc) is 2.44. The molecule has 0 fully saturated rings. The number of rotatable bonds is 2. The predicted octanol–water partition coefficient (Wildman–Crippen LogP) is 3.68. The molecule has 1 heterocycles. The summed E-state index contributed by atoms with van der Waals surface area (Å²) in [5.41, 5.74) is 3.14. The van der Waals surface area contributed by atoms with Crippen molar-refractivity contribution in [1.82, 2.24) is 0 Å². The summed E-state index contributed by atoms with van der Waals surface area (Å²) >= 11 is 3.44. The molecule has 0 aromatic heterocycles. The van der Waals surface area contributed by atoms with Gasteiger partial charge in [0.1, 0.15) is 5.75 Å². The number of hydrogen-bond acceptors (Lipinski definition) is 2. The lowest BCUT2D eigenvalue weighted by atomic mass is 10.1. The summed E-state index contributed by atoms with van der Waals surface area (Å²) < 4.78 is 6.40. The molecule has 102 valence electrons. The zero-order valence-electron chi connectivity index (χ0n) is 11.1. The SMILES string of the molecule is Cc1ccc(CN2C(=O)COc3ccc(Br)cc32)cc1. The van der Waals surface area contributed by atoms with Crippen LogP contribution in [0.15, 0.2) is 46.9 Å². The number of carbonyl (C=O) groups excluding carboxylic acids is 1. The molecule has 0 spiro atoms. The summed E-state index contributed by atoms with van der Waals surface area (Å²) in [5.74, 6) is 0.732. The smallest absolute Gasteiger partial charge is 0.265 e. The number of fused-ring (bicyclic) bond motifs is 1. The van der Waals surface area contributed by atoms with Crippen molar-refractivity contribution in [1.29, 1.82) is 0 Å². The maximum absolute atomic E-state index is 12.1. The molecule has 1 aliphatic heterocycles. The molecule has 4 heteroatoms. The minimum Gasteiger partial charge on any atom is -0.482 e. The molecule has 0 radical (unpaired) electrons. The monoisotopic (exact) mass is 331 g/mol. The van der Waals surface area contributed by atoms with E-state index in [1.54, 1.807) is 4.90 Å². The fourth-order valence-electron chi connectivity index (χ4n) is 2.22. The number of nitrogens with zero attached hydrogens (tertiary/aromatic N) is 1. The van der Waals surface area contributed by atoms with Crippen LogP contribution in [-0.4, -0.2) is 12.5 Å². The van der Waals surface area contributed by atoms with E-state index in [2.05, 4.69) is 47.1 Å². The topological polar surface area (TPSA) is 29.5 Å². The van der Waals surface area contributed by atoms with Crippen molar-refractivity contribution in [3.05, 3.63) is 58.1 Å². The lowest BCUT2D eigenvalue weighted by molar-refractivity contribution is -0.121. The predicted molar refractivity (Wildman–Crippen MR) is 82.0 cm³/mol. The van der Waals surface area contributed by atoms with Gasteiger partial charge in [-0.25, -0.2) is 0 Å². The number of benzene rings is 2. The third-order valence-electron chi connectivity index (χ3n) is 3.33. The van der Waals surface area contributed by atoms with Gasteiger partial charge in [0.2, 0.25) is 0 Å². The molecule has 0 aliphatic carbocycles. The minimum absolute atomic E-state index is 0.0174. The van der Waals surface area contributed by atoms with E-state index >= 15 is 0 Å². The molecule has 0 bridgehead atoms. The molecular formula is C16H14BrNO2. The van der Waals surface area contributed by atoms with Gasteiger partial charge in [0.15, 0.2) is 6.61 Å². The van der Waals surface area contributed by atoms with Gasteiger partial charge < -0.3 is 9.64 Å². The first-order valence-electron chi connectivity index (χ1n) is 6.42. The Hall–Kier alpha value is -1.81. The van der Waals surface area contributed by atoms with Gasteiger partial charge in [-0.05, 0) is 30.7 Å². The zero-order valence-corrected chi connectivity index (χ0v) is 12.7. The van der Waals surface area contributed by atoms with Crippen LogP contribution in [-0.2, 0) is 11.3 Å². The van der Waals surface area contributed by atoms with Gasteiger partial charge in [0.05, 0.1) is 12.2 Å². The quantitative estimate of drug-likeness (QED) is 0.840. The van der Waals surface area contributed by atoms with Crippen LogP contribution in [0.1, 0.15) is 11.1 Å². The van der Waals surface area contributed by atoms with Crippen LogP contribution >= 0.6 is 15.9 Å². The third kappa shape index (κ3) is 2.56. The van der Waals surface area contributed by atoms with Crippen molar-refractivity contribution >= 4 is 27.5 Å². The van der Waals surface area contributed by atoms with Gasteiger partial charge in [0.25, 0.3) is 5.91 Å². The number of aryl methyl sites for hydroxylation is 1. The summed E-state index contributed by atoms with van der Waals surface area (Å²) in [4.78, 5) is 13.9. The zero-order chi connectivity index (χ0) is 14.1. The maximum Gasteiger partial charge on any atom is 0.265 e. The maximum atomic E-state index is 12.1. The number of amides is 1. The largest absolute Gasteiger partial charge is 0.482 e. The molecule has 2 aromatic carbocycles. The summed E-state index contributed by atoms with van der Waals surface area (Å²) in [5, 5.41) is 0. The molecule has 0 saturated carbocycles. The molecule has 1 aliphatic rings. The van der Waals surface area contributed by atoms with Gasteiger partial charge in [-0.1, -0.05) is 45.8 Å².